The zero-order valence-electron chi connectivity index (χ0n) is 8.47. The third-order valence-electron chi connectivity index (χ3n) is 2.35. The Morgan fingerprint density at radius 3 is 2.87 bits per heavy atom. The van der Waals surface area contributed by atoms with Crippen LogP contribution in [-0.4, -0.2) is 10.5 Å². The van der Waals surface area contributed by atoms with Crippen molar-refractivity contribution in [3.05, 3.63) is 42.1 Å². The van der Waals surface area contributed by atoms with Gasteiger partial charge in [-0.25, -0.2) is 0 Å². The molecule has 0 radical (unpaired) electrons. The minimum atomic E-state index is -0.428. The smallest absolute Gasteiger partial charge is 0.241 e. The Morgan fingerprint density at radius 1 is 1.40 bits per heavy atom. The Labute approximate surface area is 87.8 Å². The Balaban J connectivity index is 2.57. The Hall–Kier alpha value is -2.03. The van der Waals surface area contributed by atoms with Crippen LogP contribution >= 0.6 is 0 Å². The Kier molecular flexibility index (Phi) is 2.29. The number of carbonyl (C=O) groups excluding carboxylic acids is 1. The molecule has 3 nitrogen and oxygen atoms in total. The zero-order chi connectivity index (χ0) is 10.8. The van der Waals surface area contributed by atoms with Crippen LogP contribution in [0, 0.1) is 0 Å². The molecular formula is C12H12N2O. The van der Waals surface area contributed by atoms with Crippen LogP contribution in [0.3, 0.4) is 0 Å². The number of nitrogens with two attached hydrogens (primary N) is 1. The maximum absolute atomic E-state index is 10.6. The molecular weight excluding hydrogens is 188 g/mol. The first kappa shape index (κ1) is 9.52. The molecule has 0 spiro atoms. The number of benzene rings is 1. The number of nitrogens with zero attached hydrogens (tertiary/aromatic N) is 1. The van der Waals surface area contributed by atoms with Gasteiger partial charge in [-0.05, 0) is 12.1 Å². The van der Waals surface area contributed by atoms with E-state index in [1.54, 1.807) is 6.08 Å². The van der Waals surface area contributed by atoms with E-state index >= 15 is 0 Å². The maximum atomic E-state index is 10.6. The summed E-state index contributed by atoms with van der Waals surface area (Å²) >= 11 is 0. The van der Waals surface area contributed by atoms with Gasteiger partial charge < -0.3 is 10.3 Å². The second-order valence-corrected chi connectivity index (χ2v) is 3.45. The third kappa shape index (κ3) is 1.76. The number of hydrogen-bond donors (Lipinski definition) is 1. The van der Waals surface area contributed by atoms with Crippen LogP contribution < -0.4 is 5.73 Å². The van der Waals surface area contributed by atoms with Crippen molar-refractivity contribution in [2.24, 2.45) is 12.8 Å². The quantitative estimate of drug-likeness (QED) is 0.736. The van der Waals surface area contributed by atoms with E-state index in [1.807, 2.05) is 42.1 Å². The highest BCUT2D eigenvalue weighted by atomic mass is 16.1. The van der Waals surface area contributed by atoms with Gasteiger partial charge in [-0.15, -0.1) is 0 Å². The molecule has 1 aromatic heterocycles. The minimum absolute atomic E-state index is 0.428. The van der Waals surface area contributed by atoms with Crippen LogP contribution in [0.5, 0.6) is 0 Å². The Bertz CT molecular complexity index is 538. The molecule has 2 N–H and O–H groups in total. The summed E-state index contributed by atoms with van der Waals surface area (Å²) in [5.74, 6) is -0.428. The summed E-state index contributed by atoms with van der Waals surface area (Å²) in [4.78, 5) is 10.6. The molecule has 0 atom stereocenters. The van der Waals surface area contributed by atoms with Gasteiger partial charge >= 0.3 is 0 Å². The van der Waals surface area contributed by atoms with Gasteiger partial charge in [-0.1, -0.05) is 18.2 Å². The highest BCUT2D eigenvalue weighted by Crippen LogP contribution is 2.21. The van der Waals surface area contributed by atoms with Crippen molar-refractivity contribution in [2.45, 2.75) is 0 Å². The second kappa shape index (κ2) is 3.61. The molecule has 2 aromatic rings. The average molecular weight is 200 g/mol. The number of fused-ring (bicyclic) bond motifs is 1. The third-order valence-corrected chi connectivity index (χ3v) is 2.35. The van der Waals surface area contributed by atoms with E-state index in [9.17, 15) is 4.79 Å². The largest absolute Gasteiger partial charge is 0.366 e. The molecule has 2 rings (SSSR count). The SMILES string of the molecule is Cn1cc(/C=C\C(N)=O)c2ccccc21. The monoisotopic (exact) mass is 200 g/mol. The first-order valence-electron chi connectivity index (χ1n) is 4.70. The first-order valence-corrected chi connectivity index (χ1v) is 4.70. The predicted octanol–water partition coefficient (Wildman–Crippen LogP) is 1.68. The van der Waals surface area contributed by atoms with Gasteiger partial charge in [0.1, 0.15) is 0 Å². The van der Waals surface area contributed by atoms with Gasteiger partial charge in [-0.2, -0.15) is 0 Å². The van der Waals surface area contributed by atoms with Crippen molar-refractivity contribution in [2.75, 3.05) is 0 Å². The molecule has 1 heterocycles. The molecule has 0 aliphatic carbocycles. The lowest BCUT2D eigenvalue weighted by molar-refractivity contribution is -0.113. The summed E-state index contributed by atoms with van der Waals surface area (Å²) in [7, 11) is 1.98. The first-order chi connectivity index (χ1) is 7.18. The van der Waals surface area contributed by atoms with Crippen molar-refractivity contribution in [1.82, 2.24) is 4.57 Å². The molecule has 15 heavy (non-hydrogen) atoms. The van der Waals surface area contributed by atoms with E-state index in [4.69, 9.17) is 5.73 Å². The predicted molar refractivity (Wildman–Crippen MR) is 61.1 cm³/mol. The minimum Gasteiger partial charge on any atom is -0.366 e. The summed E-state index contributed by atoms with van der Waals surface area (Å²) in [6.45, 7) is 0. The van der Waals surface area contributed by atoms with E-state index in [1.165, 1.54) is 6.08 Å². The van der Waals surface area contributed by atoms with Gasteiger partial charge in [0.05, 0.1) is 0 Å². The summed E-state index contributed by atoms with van der Waals surface area (Å²) in [6.07, 6.45) is 5.09. The second-order valence-electron chi connectivity index (χ2n) is 3.45. The molecule has 1 aromatic carbocycles. The fourth-order valence-electron chi connectivity index (χ4n) is 1.68. The molecule has 0 aliphatic heterocycles. The summed E-state index contributed by atoms with van der Waals surface area (Å²) in [5.41, 5.74) is 7.21. The molecule has 0 unspecified atom stereocenters. The summed E-state index contributed by atoms with van der Waals surface area (Å²) in [6, 6.07) is 8.03. The highest BCUT2D eigenvalue weighted by Gasteiger charge is 2.02. The van der Waals surface area contributed by atoms with Crippen LogP contribution in [0.25, 0.3) is 17.0 Å². The van der Waals surface area contributed by atoms with Crippen molar-refractivity contribution >= 4 is 22.9 Å². The molecule has 0 aliphatic rings. The van der Waals surface area contributed by atoms with Crippen molar-refractivity contribution < 1.29 is 4.79 Å². The molecule has 76 valence electrons. The van der Waals surface area contributed by atoms with E-state index < -0.39 is 5.91 Å². The van der Waals surface area contributed by atoms with Crippen molar-refractivity contribution in [3.8, 4) is 0 Å². The van der Waals surface area contributed by atoms with Crippen molar-refractivity contribution in [3.63, 3.8) is 0 Å². The van der Waals surface area contributed by atoms with Gasteiger partial charge in [0.25, 0.3) is 0 Å². The number of primary amides is 1. The van der Waals surface area contributed by atoms with Gasteiger partial charge in [-0.3, -0.25) is 4.79 Å². The van der Waals surface area contributed by atoms with Crippen LogP contribution in [0.15, 0.2) is 36.5 Å². The number of carbonyl (C=O) groups is 1. The summed E-state index contributed by atoms with van der Waals surface area (Å²) < 4.78 is 2.02. The number of rotatable bonds is 2. The number of aryl methyl sites for hydroxylation is 1. The topological polar surface area (TPSA) is 48.0 Å². The van der Waals surface area contributed by atoms with E-state index in [2.05, 4.69) is 0 Å². The molecule has 0 fully saturated rings. The van der Waals surface area contributed by atoms with E-state index in [-0.39, 0.29) is 0 Å². The highest BCUT2D eigenvalue weighted by molar-refractivity contribution is 5.95. The molecule has 3 heteroatoms. The fraction of sp³-hybridized carbons (Fsp3) is 0.0833. The lowest BCUT2D eigenvalue weighted by Gasteiger charge is -1.92. The van der Waals surface area contributed by atoms with E-state index in [0.717, 1.165) is 16.5 Å². The van der Waals surface area contributed by atoms with Crippen LogP contribution in [0.4, 0.5) is 0 Å². The number of para-hydroxylation sites is 1. The van der Waals surface area contributed by atoms with Gasteiger partial charge in [0, 0.05) is 35.8 Å². The summed E-state index contributed by atoms with van der Waals surface area (Å²) in [5, 5.41) is 1.12. The molecule has 1 amide bonds. The molecule has 0 saturated carbocycles. The standard InChI is InChI=1S/C12H12N2O/c1-14-8-9(6-7-12(13)15)10-4-2-3-5-11(10)14/h2-8H,1H3,(H2,13,15)/b7-6-. The maximum Gasteiger partial charge on any atom is 0.241 e. The lowest BCUT2D eigenvalue weighted by atomic mass is 10.1. The Morgan fingerprint density at radius 2 is 2.13 bits per heavy atom. The molecule has 0 bridgehead atoms. The number of aromatic nitrogens is 1. The number of hydrogen-bond acceptors (Lipinski definition) is 1. The zero-order valence-corrected chi connectivity index (χ0v) is 8.47. The van der Waals surface area contributed by atoms with Crippen LogP contribution in [0.2, 0.25) is 0 Å². The van der Waals surface area contributed by atoms with Gasteiger partial charge in [0.15, 0.2) is 0 Å². The van der Waals surface area contributed by atoms with Crippen LogP contribution in [0.1, 0.15) is 5.56 Å². The average Bonchev–Trinajstić information content (AvgIpc) is 2.54. The van der Waals surface area contributed by atoms with Gasteiger partial charge in [0.2, 0.25) is 5.91 Å². The molecule has 0 saturated heterocycles. The van der Waals surface area contributed by atoms with Crippen molar-refractivity contribution in [1.29, 1.82) is 0 Å². The number of amides is 1. The fourth-order valence-corrected chi connectivity index (χ4v) is 1.68. The van der Waals surface area contributed by atoms with Crippen LogP contribution in [-0.2, 0) is 11.8 Å². The normalized spacial score (nSPS) is 11.3. The van der Waals surface area contributed by atoms with E-state index in [0.29, 0.717) is 0 Å². The lowest BCUT2D eigenvalue weighted by Crippen LogP contribution is -2.04.